The fourth-order valence-electron chi connectivity index (χ4n) is 5.74. The van der Waals surface area contributed by atoms with Crippen LogP contribution in [0.5, 0.6) is 0 Å². The zero-order chi connectivity index (χ0) is 25.9. The largest absolute Gasteiger partial charge is 0.481 e. The molecular formula is C26H43BO7. The van der Waals surface area contributed by atoms with Crippen LogP contribution in [-0.4, -0.2) is 52.2 Å². The second kappa shape index (κ2) is 11.0. The van der Waals surface area contributed by atoms with Gasteiger partial charge in [0.25, 0.3) is 0 Å². The van der Waals surface area contributed by atoms with E-state index in [0.29, 0.717) is 30.0 Å². The molecule has 1 aliphatic heterocycles. The van der Waals surface area contributed by atoms with Crippen LogP contribution in [0.2, 0.25) is 6.32 Å². The van der Waals surface area contributed by atoms with Gasteiger partial charge in [-0.3, -0.25) is 9.59 Å². The van der Waals surface area contributed by atoms with E-state index in [2.05, 4.69) is 20.8 Å². The molecule has 2 unspecified atom stereocenters. The first-order valence-corrected chi connectivity index (χ1v) is 12.4. The third kappa shape index (κ3) is 6.52. The van der Waals surface area contributed by atoms with Crippen LogP contribution >= 0.6 is 0 Å². The molecular weight excluding hydrogens is 435 g/mol. The summed E-state index contributed by atoms with van der Waals surface area (Å²) in [6, 6.07) is 0. The number of aliphatic carboxylic acids is 2. The lowest BCUT2D eigenvalue weighted by Gasteiger charge is -2.63. The molecule has 0 aromatic heterocycles. The fourth-order valence-corrected chi connectivity index (χ4v) is 5.74. The molecule has 0 aromatic carbocycles. The van der Waals surface area contributed by atoms with Crippen molar-refractivity contribution in [3.8, 4) is 0 Å². The first-order chi connectivity index (χ1) is 15.6. The first-order valence-electron chi connectivity index (χ1n) is 12.4. The van der Waals surface area contributed by atoms with Crippen LogP contribution in [0.1, 0.15) is 74.1 Å². The van der Waals surface area contributed by atoms with Gasteiger partial charge in [-0.25, -0.2) is 0 Å². The van der Waals surface area contributed by atoms with Crippen molar-refractivity contribution in [2.45, 2.75) is 98.3 Å². The van der Waals surface area contributed by atoms with Crippen molar-refractivity contribution in [1.82, 2.24) is 0 Å². The van der Waals surface area contributed by atoms with Crippen molar-refractivity contribution < 1.29 is 34.2 Å². The number of aliphatic hydroxyl groups is 1. The molecule has 1 heterocycles. The summed E-state index contributed by atoms with van der Waals surface area (Å²) >= 11 is 0. The maximum atomic E-state index is 11.5. The molecule has 7 nitrogen and oxygen atoms in total. The third-order valence-corrected chi connectivity index (χ3v) is 7.83. The molecule has 0 amide bonds. The van der Waals surface area contributed by atoms with Gasteiger partial charge in [-0.2, -0.15) is 0 Å². The average Bonchev–Trinajstić information content (AvgIpc) is 3.03. The molecule has 0 radical (unpaired) electrons. The molecule has 0 aromatic rings. The summed E-state index contributed by atoms with van der Waals surface area (Å²) in [6.45, 7) is 14.2. The summed E-state index contributed by atoms with van der Waals surface area (Å²) in [5.41, 5.74) is -0.407. The van der Waals surface area contributed by atoms with Crippen molar-refractivity contribution in [3.63, 3.8) is 0 Å². The molecule has 8 heteroatoms. The molecule has 3 N–H and O–H groups in total. The average molecular weight is 478 g/mol. The van der Waals surface area contributed by atoms with E-state index < -0.39 is 29.4 Å². The van der Waals surface area contributed by atoms with Crippen molar-refractivity contribution >= 4 is 19.1 Å². The summed E-state index contributed by atoms with van der Waals surface area (Å²) in [4.78, 5) is 21.3. The Kier molecular flexibility index (Phi) is 9.22. The smallest absolute Gasteiger partial charge is 0.461 e. The van der Waals surface area contributed by atoms with Crippen molar-refractivity contribution in [2.75, 3.05) is 0 Å². The lowest BCUT2D eigenvalue weighted by atomic mass is 9.45. The minimum atomic E-state index is -1.03. The lowest BCUT2D eigenvalue weighted by Crippen LogP contribution is -2.63. The van der Waals surface area contributed by atoms with Crippen LogP contribution in [0, 0.1) is 28.6 Å². The van der Waals surface area contributed by atoms with Crippen LogP contribution in [0.4, 0.5) is 0 Å². The Bertz CT molecular complexity index is 785. The van der Waals surface area contributed by atoms with Gasteiger partial charge in [0.15, 0.2) is 0 Å². The zero-order valence-electron chi connectivity index (χ0n) is 21.8. The zero-order valence-corrected chi connectivity index (χ0v) is 21.8. The molecule has 4 fully saturated rings. The highest BCUT2D eigenvalue weighted by atomic mass is 16.7. The van der Waals surface area contributed by atoms with E-state index in [4.69, 9.17) is 14.4 Å². The van der Waals surface area contributed by atoms with Gasteiger partial charge >= 0.3 is 19.1 Å². The van der Waals surface area contributed by atoms with E-state index in [1.54, 1.807) is 12.2 Å². The Morgan fingerprint density at radius 3 is 2.32 bits per heavy atom. The van der Waals surface area contributed by atoms with Gasteiger partial charge in [0, 0.05) is 12.7 Å². The minimum Gasteiger partial charge on any atom is -0.481 e. The predicted octanol–water partition coefficient (Wildman–Crippen LogP) is 4.81. The molecule has 4 rings (SSSR count). The standard InChI is InChI=1S/C20H33BO5.C6H10O2/c1-18(2,3)15(17(23)24)14(22)8-7-9-21-25-16-13-10-12(19(13,4)5)11-20(16,6)26-21;1-2-3-4-5-6(7)8/h7-8,12-16,22H,9-11H2,1-6H3,(H,23,24);2-3H,4-5H2,1H3,(H,7,8)/b8-7-;/t12-,13+,14?,15?,16-,20+;/m1./s1. The van der Waals surface area contributed by atoms with Gasteiger partial charge in [-0.15, -0.1) is 0 Å². The monoisotopic (exact) mass is 478 g/mol. The van der Waals surface area contributed by atoms with E-state index in [1.807, 2.05) is 39.8 Å². The Morgan fingerprint density at radius 2 is 1.82 bits per heavy atom. The maximum absolute atomic E-state index is 11.5. The number of carboxylic acids is 2. The SMILES string of the molecule is CC(C)(C)C(C(=O)O)C(O)/C=C\CB1O[C@@H]2[C@@H]3C[C@H](C[C@]2(C)O1)C3(C)C.CC=CCCC(=O)O. The second-order valence-electron chi connectivity index (χ2n) is 11.8. The highest BCUT2D eigenvalue weighted by Gasteiger charge is 2.66. The molecule has 3 aliphatic carbocycles. The van der Waals surface area contributed by atoms with Crippen LogP contribution in [0.3, 0.4) is 0 Å². The molecule has 6 atom stereocenters. The van der Waals surface area contributed by atoms with Gasteiger partial charge < -0.3 is 24.6 Å². The number of aliphatic hydroxyl groups excluding tert-OH is 1. The van der Waals surface area contributed by atoms with E-state index in [0.717, 1.165) is 6.42 Å². The summed E-state index contributed by atoms with van der Waals surface area (Å²) in [5.74, 6) is -1.32. The van der Waals surface area contributed by atoms with Gasteiger partial charge in [-0.05, 0) is 55.8 Å². The van der Waals surface area contributed by atoms with Crippen LogP contribution in [0.15, 0.2) is 24.3 Å². The molecule has 1 saturated heterocycles. The Balaban J connectivity index is 0.000000440. The normalized spacial score (nSPS) is 31.4. The van der Waals surface area contributed by atoms with E-state index in [-0.39, 0.29) is 25.2 Å². The number of carboxylic acid groups (broad SMARTS) is 2. The van der Waals surface area contributed by atoms with Gasteiger partial charge in [0.1, 0.15) is 0 Å². The van der Waals surface area contributed by atoms with Crippen molar-refractivity contribution in [1.29, 1.82) is 0 Å². The highest BCUT2D eigenvalue weighted by Crippen LogP contribution is 2.64. The van der Waals surface area contributed by atoms with E-state index in [1.165, 1.54) is 6.42 Å². The number of carbonyl (C=O) groups is 2. The van der Waals surface area contributed by atoms with Crippen molar-refractivity contribution in [3.05, 3.63) is 24.3 Å². The minimum absolute atomic E-state index is 0.132. The van der Waals surface area contributed by atoms with Gasteiger partial charge in [0.05, 0.1) is 23.7 Å². The summed E-state index contributed by atoms with van der Waals surface area (Å²) in [6.07, 6.45) is 9.84. The van der Waals surface area contributed by atoms with Gasteiger partial charge in [0.2, 0.25) is 0 Å². The number of allylic oxidation sites excluding steroid dienone is 3. The third-order valence-electron chi connectivity index (χ3n) is 7.83. The quantitative estimate of drug-likeness (QED) is 0.339. The fraction of sp³-hybridized carbons (Fsp3) is 0.769. The van der Waals surface area contributed by atoms with Crippen LogP contribution < -0.4 is 0 Å². The Hall–Kier alpha value is -1.64. The molecule has 2 bridgehead atoms. The molecule has 192 valence electrons. The molecule has 4 aliphatic rings. The number of hydrogen-bond acceptors (Lipinski definition) is 5. The summed E-state index contributed by atoms with van der Waals surface area (Å²) in [7, 11) is -0.318. The van der Waals surface area contributed by atoms with E-state index >= 15 is 0 Å². The van der Waals surface area contributed by atoms with Crippen LogP contribution in [0.25, 0.3) is 0 Å². The molecule has 34 heavy (non-hydrogen) atoms. The number of rotatable bonds is 8. The summed E-state index contributed by atoms with van der Waals surface area (Å²) < 4.78 is 12.5. The maximum Gasteiger partial charge on any atom is 0.461 e. The highest BCUT2D eigenvalue weighted by molar-refractivity contribution is 6.46. The number of hydrogen-bond donors (Lipinski definition) is 3. The van der Waals surface area contributed by atoms with E-state index in [9.17, 15) is 19.8 Å². The summed E-state index contributed by atoms with van der Waals surface area (Å²) in [5, 5.41) is 27.8. The lowest BCUT2D eigenvalue weighted by molar-refractivity contribution is -0.185. The molecule has 0 spiro atoms. The second-order valence-corrected chi connectivity index (χ2v) is 11.8. The van der Waals surface area contributed by atoms with Crippen LogP contribution in [-0.2, 0) is 18.9 Å². The van der Waals surface area contributed by atoms with Crippen molar-refractivity contribution in [2.24, 2.45) is 28.6 Å². The Morgan fingerprint density at radius 1 is 1.18 bits per heavy atom. The Labute approximate surface area is 204 Å². The topological polar surface area (TPSA) is 113 Å². The van der Waals surface area contributed by atoms with Gasteiger partial charge in [-0.1, -0.05) is 58.9 Å². The predicted molar refractivity (Wildman–Crippen MR) is 132 cm³/mol. The first kappa shape index (κ1) is 28.6. The molecule has 3 saturated carbocycles.